The van der Waals surface area contributed by atoms with Crippen LogP contribution in [-0.2, 0) is 6.42 Å². The van der Waals surface area contributed by atoms with Crippen molar-refractivity contribution in [2.24, 2.45) is 17.6 Å². The molecule has 0 saturated heterocycles. The van der Waals surface area contributed by atoms with Crippen molar-refractivity contribution < 1.29 is 9.90 Å². The van der Waals surface area contributed by atoms with Crippen LogP contribution in [0.1, 0.15) is 60.1 Å². The van der Waals surface area contributed by atoms with E-state index in [1.54, 1.807) is 6.20 Å². The van der Waals surface area contributed by atoms with E-state index < -0.39 is 11.5 Å². The lowest BCUT2D eigenvalue weighted by Crippen LogP contribution is -2.62. The Morgan fingerprint density at radius 2 is 2.04 bits per heavy atom. The fourth-order valence-electron chi connectivity index (χ4n) is 6.14. The molecule has 5 aliphatic rings. The molecule has 5 nitrogen and oxygen atoms in total. The highest BCUT2D eigenvalue weighted by atomic mass is 16.3. The first-order valence-corrected chi connectivity index (χ1v) is 8.94. The third kappa shape index (κ3) is 2.04. The van der Waals surface area contributed by atoms with Crippen LogP contribution in [0.2, 0.25) is 0 Å². The Bertz CT molecular complexity index is 756. The second kappa shape index (κ2) is 4.60. The molecular weight excluding hydrogens is 302 g/mol. The van der Waals surface area contributed by atoms with Crippen molar-refractivity contribution in [3.8, 4) is 0 Å². The Morgan fingerprint density at radius 1 is 1.29 bits per heavy atom. The number of amides is 1. The van der Waals surface area contributed by atoms with E-state index in [0.717, 1.165) is 55.5 Å². The number of pyridine rings is 1. The third-order valence-corrected chi connectivity index (χ3v) is 6.48. The molecule has 3 unspecified atom stereocenters. The number of carbonyl (C=O) groups is 1. The van der Waals surface area contributed by atoms with Gasteiger partial charge < -0.3 is 16.2 Å². The second-order valence-corrected chi connectivity index (χ2v) is 8.47. The quantitative estimate of drug-likeness (QED) is 0.795. The van der Waals surface area contributed by atoms with Crippen molar-refractivity contribution in [1.82, 2.24) is 4.98 Å². The number of primary amides is 1. The number of aromatic nitrogens is 1. The van der Waals surface area contributed by atoms with Crippen molar-refractivity contribution >= 4 is 17.7 Å². The van der Waals surface area contributed by atoms with Crippen LogP contribution >= 0.6 is 0 Å². The smallest absolute Gasteiger partial charge is 0.252 e. The number of rotatable bonds is 3. The van der Waals surface area contributed by atoms with Gasteiger partial charge in [0.15, 0.2) is 0 Å². The molecule has 4 N–H and O–H groups in total. The van der Waals surface area contributed by atoms with Gasteiger partial charge >= 0.3 is 0 Å². The van der Waals surface area contributed by atoms with Crippen LogP contribution in [0, 0.1) is 11.8 Å². The highest BCUT2D eigenvalue weighted by Gasteiger charge is 2.57. The number of nitrogens with one attached hydrogen (secondary N) is 1. The molecule has 1 amide bonds. The Morgan fingerprint density at radius 3 is 2.71 bits per heavy atom. The summed E-state index contributed by atoms with van der Waals surface area (Å²) in [5.41, 5.74) is 8.23. The van der Waals surface area contributed by atoms with Gasteiger partial charge in [-0.05, 0) is 50.4 Å². The van der Waals surface area contributed by atoms with E-state index in [-0.39, 0.29) is 5.54 Å². The average molecular weight is 325 g/mol. The van der Waals surface area contributed by atoms with Gasteiger partial charge in [0.25, 0.3) is 5.91 Å². The number of nitrogens with zero attached hydrogens (tertiary/aromatic N) is 1. The number of carbonyl (C=O) groups excluding carboxylic acids is 1. The molecule has 5 heteroatoms. The molecule has 0 aromatic carbocycles. The summed E-state index contributed by atoms with van der Waals surface area (Å²) in [7, 11) is 0. The maximum absolute atomic E-state index is 11.9. The number of fused-ring (bicyclic) bond motifs is 1. The average Bonchev–Trinajstić information content (AvgIpc) is 2.93. The molecule has 0 spiro atoms. The van der Waals surface area contributed by atoms with E-state index in [9.17, 15) is 9.90 Å². The number of hydrogen-bond acceptors (Lipinski definition) is 4. The highest BCUT2D eigenvalue weighted by molar-refractivity contribution is 6.00. The van der Waals surface area contributed by atoms with E-state index >= 15 is 0 Å². The van der Waals surface area contributed by atoms with Crippen LogP contribution in [0.25, 0.3) is 6.08 Å². The first kappa shape index (κ1) is 14.5. The zero-order valence-corrected chi connectivity index (χ0v) is 13.7. The minimum atomic E-state index is -0.532. The minimum absolute atomic E-state index is 0.116. The third-order valence-electron chi connectivity index (χ3n) is 6.48. The van der Waals surface area contributed by atoms with E-state index in [1.165, 1.54) is 6.42 Å². The van der Waals surface area contributed by atoms with Crippen molar-refractivity contribution in [3.05, 3.63) is 29.1 Å². The lowest BCUT2D eigenvalue weighted by Gasteiger charge is -2.60. The molecule has 0 aliphatic heterocycles. The fraction of sp³-hybridized carbons (Fsp3) is 0.579. The zero-order chi connectivity index (χ0) is 16.5. The van der Waals surface area contributed by atoms with Gasteiger partial charge in [0.1, 0.15) is 0 Å². The number of hydrogen-bond donors (Lipinski definition) is 3. The Balaban J connectivity index is 1.58. The summed E-state index contributed by atoms with van der Waals surface area (Å²) in [6, 6.07) is 0. The van der Waals surface area contributed by atoms with Crippen LogP contribution in [0.15, 0.2) is 12.3 Å². The number of anilines is 1. The Kier molecular flexibility index (Phi) is 2.77. The van der Waals surface area contributed by atoms with Gasteiger partial charge in [-0.2, -0.15) is 0 Å². The molecular formula is C19H23N3O2. The number of allylic oxidation sites excluding steroid dienone is 1. The zero-order valence-electron chi connectivity index (χ0n) is 13.7. The van der Waals surface area contributed by atoms with Crippen LogP contribution in [0.4, 0.5) is 5.69 Å². The summed E-state index contributed by atoms with van der Waals surface area (Å²) in [4.78, 5) is 16.3. The van der Waals surface area contributed by atoms with E-state index in [2.05, 4.69) is 16.4 Å². The predicted octanol–water partition coefficient (Wildman–Crippen LogP) is 2.25. The highest BCUT2D eigenvalue weighted by Crippen LogP contribution is 2.58. The maximum atomic E-state index is 11.9. The van der Waals surface area contributed by atoms with E-state index in [1.807, 2.05) is 6.08 Å². The number of aliphatic hydroxyl groups is 1. The molecule has 126 valence electrons. The van der Waals surface area contributed by atoms with Crippen molar-refractivity contribution in [1.29, 1.82) is 0 Å². The molecule has 1 aromatic rings. The molecule has 1 aromatic heterocycles. The van der Waals surface area contributed by atoms with Crippen molar-refractivity contribution in [2.75, 3.05) is 5.32 Å². The van der Waals surface area contributed by atoms with Crippen LogP contribution in [0.5, 0.6) is 0 Å². The van der Waals surface area contributed by atoms with Crippen LogP contribution < -0.4 is 11.1 Å². The van der Waals surface area contributed by atoms with Crippen LogP contribution in [0.3, 0.4) is 0 Å². The molecule has 4 bridgehead atoms. The standard InChI is InChI=1S/C19H23N3O2/c20-17(23)14-9-21-15-3-1-2-13(15)16(14)22-18-5-11-4-12(6-18)8-19(24,7-11)10-18/h1-2,9,11-12,24H,3-8,10H2,(H2,20,23)(H,21,22)/t11-,12?,18?,19?/m1/s1. The van der Waals surface area contributed by atoms with Crippen molar-refractivity contribution in [2.45, 2.75) is 56.1 Å². The summed E-state index contributed by atoms with van der Waals surface area (Å²) in [6.45, 7) is 0. The number of nitrogens with two attached hydrogens (primary N) is 1. The summed E-state index contributed by atoms with van der Waals surface area (Å²) in [6.07, 6.45) is 12.5. The molecule has 24 heavy (non-hydrogen) atoms. The van der Waals surface area contributed by atoms with Gasteiger partial charge in [0, 0.05) is 23.7 Å². The molecule has 0 radical (unpaired) electrons. The Hall–Kier alpha value is -1.88. The molecule has 4 atom stereocenters. The summed E-state index contributed by atoms with van der Waals surface area (Å²) in [5.74, 6) is 0.731. The lowest BCUT2D eigenvalue weighted by molar-refractivity contribution is -0.127. The summed E-state index contributed by atoms with van der Waals surface area (Å²) in [5, 5.41) is 14.7. The second-order valence-electron chi connectivity index (χ2n) is 8.47. The van der Waals surface area contributed by atoms with Gasteiger partial charge in [-0.1, -0.05) is 12.2 Å². The van der Waals surface area contributed by atoms with Gasteiger partial charge in [-0.25, -0.2) is 0 Å². The van der Waals surface area contributed by atoms with Gasteiger partial charge in [-0.3, -0.25) is 9.78 Å². The summed E-state index contributed by atoms with van der Waals surface area (Å²) >= 11 is 0. The monoisotopic (exact) mass is 325 g/mol. The molecule has 6 rings (SSSR count). The minimum Gasteiger partial charge on any atom is -0.390 e. The first-order chi connectivity index (χ1) is 11.5. The molecule has 5 aliphatic carbocycles. The fourth-order valence-corrected chi connectivity index (χ4v) is 6.14. The summed E-state index contributed by atoms with van der Waals surface area (Å²) < 4.78 is 0. The van der Waals surface area contributed by atoms with Gasteiger partial charge in [0.05, 0.1) is 22.5 Å². The lowest BCUT2D eigenvalue weighted by atomic mass is 9.51. The predicted molar refractivity (Wildman–Crippen MR) is 91.5 cm³/mol. The first-order valence-electron chi connectivity index (χ1n) is 8.94. The van der Waals surface area contributed by atoms with Gasteiger partial charge in [0.2, 0.25) is 0 Å². The maximum Gasteiger partial charge on any atom is 0.252 e. The molecule has 4 saturated carbocycles. The SMILES string of the molecule is NC(=O)c1cnc2c(c1NC13CC4C[C@@H](CC(O)(C4)C1)C3)C=CC2. The van der Waals surface area contributed by atoms with Gasteiger partial charge in [-0.15, -0.1) is 0 Å². The largest absolute Gasteiger partial charge is 0.390 e. The normalized spacial score (nSPS) is 38.4. The molecule has 4 fully saturated rings. The van der Waals surface area contributed by atoms with E-state index in [4.69, 9.17) is 5.73 Å². The van der Waals surface area contributed by atoms with Crippen molar-refractivity contribution in [3.63, 3.8) is 0 Å². The topological polar surface area (TPSA) is 88.2 Å². The van der Waals surface area contributed by atoms with Crippen LogP contribution in [-0.4, -0.2) is 27.1 Å². The molecule has 1 heterocycles. The van der Waals surface area contributed by atoms with E-state index in [0.29, 0.717) is 17.4 Å². The Labute approximate surface area is 141 Å².